The summed E-state index contributed by atoms with van der Waals surface area (Å²) in [7, 11) is 0. The first kappa shape index (κ1) is 16.9. The monoisotopic (exact) mass is 359 g/mol. The van der Waals surface area contributed by atoms with Gasteiger partial charge in [-0.05, 0) is 54.1 Å². The van der Waals surface area contributed by atoms with Crippen LogP contribution < -0.4 is 5.32 Å². The summed E-state index contributed by atoms with van der Waals surface area (Å²) >= 11 is 5.79. The lowest BCUT2D eigenvalue weighted by molar-refractivity contribution is 0.102. The zero-order chi connectivity index (χ0) is 18.0. The summed E-state index contributed by atoms with van der Waals surface area (Å²) in [5, 5.41) is 13.1. The molecular weight excluding hydrogens is 348 g/mol. The van der Waals surface area contributed by atoms with Crippen molar-refractivity contribution >= 4 is 23.2 Å². The van der Waals surface area contributed by atoms with Crippen LogP contribution in [0.1, 0.15) is 10.4 Å². The normalized spacial score (nSPS) is 10.5. The Labute approximate surface area is 147 Å². The van der Waals surface area contributed by atoms with Crippen molar-refractivity contribution < 1.29 is 18.7 Å². The van der Waals surface area contributed by atoms with E-state index in [9.17, 15) is 18.7 Å². The number of halogens is 3. The van der Waals surface area contributed by atoms with Crippen molar-refractivity contribution in [1.82, 2.24) is 0 Å². The van der Waals surface area contributed by atoms with Crippen molar-refractivity contribution in [3.8, 4) is 16.9 Å². The quantitative estimate of drug-likeness (QED) is 0.671. The molecule has 6 heteroatoms. The molecule has 2 N–H and O–H groups in total. The van der Waals surface area contributed by atoms with E-state index in [1.807, 2.05) is 0 Å². The Bertz CT molecular complexity index is 943. The predicted octanol–water partition coefficient (Wildman–Crippen LogP) is 5.24. The number of hydrogen-bond donors (Lipinski definition) is 2. The van der Waals surface area contributed by atoms with Gasteiger partial charge >= 0.3 is 0 Å². The van der Waals surface area contributed by atoms with Gasteiger partial charge in [-0.15, -0.1) is 0 Å². The summed E-state index contributed by atoms with van der Waals surface area (Å²) in [6.07, 6.45) is 0. The average Bonchev–Trinajstić information content (AvgIpc) is 2.58. The van der Waals surface area contributed by atoms with Gasteiger partial charge in [-0.1, -0.05) is 17.7 Å². The molecule has 0 aromatic heterocycles. The SMILES string of the molecule is O=C(Nc1ccc(Cl)cc1)c1cc(-c2ccc(F)cc2F)ccc1O. The minimum absolute atomic E-state index is 0.0313. The Morgan fingerprint density at radius 3 is 2.36 bits per heavy atom. The van der Waals surface area contributed by atoms with Crippen molar-refractivity contribution in [3.63, 3.8) is 0 Å². The van der Waals surface area contributed by atoms with Crippen LogP contribution in [-0.2, 0) is 0 Å². The van der Waals surface area contributed by atoms with Gasteiger partial charge < -0.3 is 10.4 Å². The number of hydrogen-bond acceptors (Lipinski definition) is 2. The Balaban J connectivity index is 1.93. The first-order valence-corrected chi connectivity index (χ1v) is 7.67. The fourth-order valence-corrected chi connectivity index (χ4v) is 2.47. The maximum Gasteiger partial charge on any atom is 0.259 e. The highest BCUT2D eigenvalue weighted by Crippen LogP contribution is 2.29. The Kier molecular flexibility index (Phi) is 4.67. The summed E-state index contributed by atoms with van der Waals surface area (Å²) in [5.74, 6) is -2.27. The first-order chi connectivity index (χ1) is 11.9. The van der Waals surface area contributed by atoms with Gasteiger partial charge in [0.15, 0.2) is 0 Å². The Morgan fingerprint density at radius 1 is 0.960 bits per heavy atom. The molecule has 126 valence electrons. The molecule has 0 aliphatic rings. The van der Waals surface area contributed by atoms with E-state index in [1.54, 1.807) is 24.3 Å². The number of carbonyl (C=O) groups excluding carboxylic acids is 1. The van der Waals surface area contributed by atoms with E-state index < -0.39 is 17.5 Å². The fourth-order valence-electron chi connectivity index (χ4n) is 2.34. The van der Waals surface area contributed by atoms with Crippen LogP contribution >= 0.6 is 11.6 Å². The zero-order valence-corrected chi connectivity index (χ0v) is 13.5. The summed E-state index contributed by atoms with van der Waals surface area (Å²) in [5.41, 5.74) is 0.932. The van der Waals surface area contributed by atoms with E-state index in [-0.39, 0.29) is 16.9 Å². The van der Waals surface area contributed by atoms with Crippen LogP contribution in [0.15, 0.2) is 60.7 Å². The molecule has 0 bridgehead atoms. The highest BCUT2D eigenvalue weighted by Gasteiger charge is 2.15. The average molecular weight is 360 g/mol. The Morgan fingerprint density at radius 2 is 1.68 bits per heavy atom. The lowest BCUT2D eigenvalue weighted by atomic mass is 10.0. The number of aromatic hydroxyl groups is 1. The number of anilines is 1. The molecule has 0 saturated carbocycles. The third-order valence-corrected chi connectivity index (χ3v) is 3.84. The maximum atomic E-state index is 13.9. The van der Waals surface area contributed by atoms with Gasteiger partial charge in [-0.25, -0.2) is 8.78 Å². The van der Waals surface area contributed by atoms with Crippen molar-refractivity contribution in [2.75, 3.05) is 5.32 Å². The van der Waals surface area contributed by atoms with Crippen LogP contribution in [0.5, 0.6) is 5.75 Å². The molecular formula is C19H12ClF2NO2. The molecule has 1 amide bonds. The van der Waals surface area contributed by atoms with Crippen molar-refractivity contribution in [2.45, 2.75) is 0 Å². The van der Waals surface area contributed by atoms with E-state index in [0.717, 1.165) is 12.1 Å². The molecule has 0 heterocycles. The van der Waals surface area contributed by atoms with Crippen LogP contribution in [-0.4, -0.2) is 11.0 Å². The number of nitrogens with one attached hydrogen (secondary N) is 1. The van der Waals surface area contributed by atoms with Crippen LogP contribution in [0.2, 0.25) is 5.02 Å². The molecule has 25 heavy (non-hydrogen) atoms. The standard InChI is InChI=1S/C19H12ClF2NO2/c20-12-2-5-14(6-3-12)23-19(25)16-9-11(1-8-18(16)24)15-7-4-13(21)10-17(15)22/h1-10,24H,(H,23,25). The fraction of sp³-hybridized carbons (Fsp3) is 0. The molecule has 0 atom stereocenters. The highest BCUT2D eigenvalue weighted by molar-refractivity contribution is 6.30. The van der Waals surface area contributed by atoms with Gasteiger partial charge in [-0.3, -0.25) is 4.79 Å². The summed E-state index contributed by atoms with van der Waals surface area (Å²) in [4.78, 5) is 12.4. The maximum absolute atomic E-state index is 13.9. The van der Waals surface area contributed by atoms with Gasteiger partial charge in [0.2, 0.25) is 0 Å². The van der Waals surface area contributed by atoms with Crippen LogP contribution in [0.3, 0.4) is 0 Å². The summed E-state index contributed by atoms with van der Waals surface area (Å²) in [6.45, 7) is 0. The van der Waals surface area contributed by atoms with Crippen LogP contribution in [0.25, 0.3) is 11.1 Å². The number of carbonyl (C=O) groups is 1. The predicted molar refractivity (Wildman–Crippen MR) is 92.9 cm³/mol. The molecule has 3 aromatic rings. The second-order valence-corrected chi connectivity index (χ2v) is 5.75. The van der Waals surface area contributed by atoms with Gasteiger partial charge in [0, 0.05) is 22.3 Å². The number of phenolic OH excluding ortho intramolecular Hbond substituents is 1. The second-order valence-electron chi connectivity index (χ2n) is 5.32. The van der Waals surface area contributed by atoms with Crippen molar-refractivity contribution in [2.24, 2.45) is 0 Å². The topological polar surface area (TPSA) is 49.3 Å². The van der Waals surface area contributed by atoms with Gasteiger partial charge in [-0.2, -0.15) is 0 Å². The smallest absolute Gasteiger partial charge is 0.259 e. The first-order valence-electron chi connectivity index (χ1n) is 7.29. The minimum Gasteiger partial charge on any atom is -0.507 e. The summed E-state index contributed by atoms with van der Waals surface area (Å²) < 4.78 is 27.0. The largest absolute Gasteiger partial charge is 0.507 e. The van der Waals surface area contributed by atoms with Crippen molar-refractivity contribution in [1.29, 1.82) is 0 Å². The third kappa shape index (κ3) is 3.78. The zero-order valence-electron chi connectivity index (χ0n) is 12.8. The summed E-state index contributed by atoms with van der Waals surface area (Å²) in [6, 6.07) is 13.7. The molecule has 3 rings (SSSR count). The molecule has 0 spiro atoms. The van der Waals surface area contributed by atoms with Crippen LogP contribution in [0, 0.1) is 11.6 Å². The van der Waals surface area contributed by atoms with Crippen molar-refractivity contribution in [3.05, 3.63) is 82.9 Å². The highest BCUT2D eigenvalue weighted by atomic mass is 35.5. The van der Waals surface area contributed by atoms with Gasteiger partial charge in [0.05, 0.1) is 5.56 Å². The molecule has 0 aliphatic carbocycles. The second kappa shape index (κ2) is 6.91. The molecule has 0 radical (unpaired) electrons. The van der Waals surface area contributed by atoms with E-state index in [1.165, 1.54) is 24.3 Å². The van der Waals surface area contributed by atoms with Gasteiger partial charge in [0.25, 0.3) is 5.91 Å². The third-order valence-electron chi connectivity index (χ3n) is 3.59. The van der Waals surface area contributed by atoms with E-state index in [0.29, 0.717) is 16.3 Å². The van der Waals surface area contributed by atoms with E-state index in [4.69, 9.17) is 11.6 Å². The van der Waals surface area contributed by atoms with Gasteiger partial charge in [0.1, 0.15) is 17.4 Å². The number of phenols is 1. The molecule has 0 aliphatic heterocycles. The lowest BCUT2D eigenvalue weighted by Gasteiger charge is -2.10. The molecule has 0 saturated heterocycles. The number of amides is 1. The number of benzene rings is 3. The Hall–Kier alpha value is -2.92. The molecule has 3 nitrogen and oxygen atoms in total. The molecule has 3 aromatic carbocycles. The lowest BCUT2D eigenvalue weighted by Crippen LogP contribution is -2.12. The minimum atomic E-state index is -0.755. The van der Waals surface area contributed by atoms with Crippen LogP contribution in [0.4, 0.5) is 14.5 Å². The molecule has 0 unspecified atom stereocenters. The number of rotatable bonds is 3. The molecule has 0 fully saturated rings. The van der Waals surface area contributed by atoms with E-state index >= 15 is 0 Å². The van der Waals surface area contributed by atoms with E-state index in [2.05, 4.69) is 5.32 Å².